The largest absolute Gasteiger partial charge is 0.472 e. The van der Waals surface area contributed by atoms with E-state index in [1.807, 2.05) is 33.2 Å². The highest BCUT2D eigenvalue weighted by Crippen LogP contribution is 2.30. The monoisotopic (exact) mass is 454 g/mol. The van der Waals surface area contributed by atoms with Gasteiger partial charge >= 0.3 is 0 Å². The molecule has 1 aliphatic rings. The van der Waals surface area contributed by atoms with E-state index in [1.165, 1.54) is 4.90 Å². The van der Waals surface area contributed by atoms with E-state index in [0.717, 1.165) is 11.1 Å². The third kappa shape index (κ3) is 5.51. The van der Waals surface area contributed by atoms with Crippen LogP contribution in [0.15, 0.2) is 36.5 Å². The van der Waals surface area contributed by atoms with Crippen LogP contribution in [0.2, 0.25) is 0 Å². The van der Waals surface area contributed by atoms with E-state index in [0.29, 0.717) is 30.1 Å². The molecule has 0 saturated heterocycles. The van der Waals surface area contributed by atoms with Crippen LogP contribution >= 0.6 is 0 Å². The number of rotatable bonds is 6. The van der Waals surface area contributed by atoms with Crippen LogP contribution in [-0.2, 0) is 0 Å². The number of likely N-dealkylation sites (N-methyl/N-ethyl adjacent to an activating group) is 1. The van der Waals surface area contributed by atoms with E-state index in [4.69, 9.17) is 4.74 Å². The van der Waals surface area contributed by atoms with Crippen LogP contribution in [-0.4, -0.2) is 96.6 Å². The molecule has 2 amide bonds. The first-order valence-electron chi connectivity index (χ1n) is 11.2. The number of nitrogens with zero attached hydrogens (tertiary/aromatic N) is 4. The van der Waals surface area contributed by atoms with Crippen LogP contribution in [0.1, 0.15) is 34.6 Å². The lowest BCUT2D eigenvalue weighted by Crippen LogP contribution is -2.49. The van der Waals surface area contributed by atoms with Gasteiger partial charge in [-0.1, -0.05) is 19.1 Å². The SMILES string of the molecule is C[C@@H]1CN([C@@H](C)CO)C(=O)c2cc(-c3ccc(C(=O)N(C)C)cc3)cnc2O[C@H]1CN(C)C. The smallest absolute Gasteiger partial charge is 0.259 e. The lowest BCUT2D eigenvalue weighted by molar-refractivity contribution is 0.0348. The summed E-state index contributed by atoms with van der Waals surface area (Å²) in [7, 11) is 7.39. The van der Waals surface area contributed by atoms with Gasteiger partial charge in [-0.25, -0.2) is 4.98 Å². The van der Waals surface area contributed by atoms with E-state index in [2.05, 4.69) is 16.8 Å². The van der Waals surface area contributed by atoms with Crippen molar-refractivity contribution in [2.24, 2.45) is 5.92 Å². The lowest BCUT2D eigenvalue weighted by atomic mass is 9.99. The van der Waals surface area contributed by atoms with Gasteiger partial charge in [0.2, 0.25) is 5.88 Å². The summed E-state index contributed by atoms with van der Waals surface area (Å²) in [6.45, 7) is 4.92. The molecule has 8 heteroatoms. The van der Waals surface area contributed by atoms with Crippen molar-refractivity contribution >= 4 is 11.8 Å². The van der Waals surface area contributed by atoms with E-state index < -0.39 is 0 Å². The van der Waals surface area contributed by atoms with Crippen molar-refractivity contribution in [3.63, 3.8) is 0 Å². The molecule has 2 aromatic rings. The molecule has 0 spiro atoms. The summed E-state index contributed by atoms with van der Waals surface area (Å²) in [5.41, 5.74) is 2.56. The van der Waals surface area contributed by atoms with Gasteiger partial charge < -0.3 is 24.5 Å². The molecule has 1 aliphatic heterocycles. The van der Waals surface area contributed by atoms with Gasteiger partial charge in [-0.2, -0.15) is 0 Å². The topological polar surface area (TPSA) is 86.2 Å². The summed E-state index contributed by atoms with van der Waals surface area (Å²) < 4.78 is 6.25. The second-order valence-electron chi connectivity index (χ2n) is 9.24. The zero-order chi connectivity index (χ0) is 24.3. The highest BCUT2D eigenvalue weighted by atomic mass is 16.5. The predicted octanol–water partition coefficient (Wildman–Crippen LogP) is 2.23. The Kier molecular flexibility index (Phi) is 7.71. The van der Waals surface area contributed by atoms with E-state index in [-0.39, 0.29) is 36.5 Å². The molecule has 8 nitrogen and oxygen atoms in total. The quantitative estimate of drug-likeness (QED) is 0.721. The molecule has 0 radical (unpaired) electrons. The molecule has 0 fully saturated rings. The van der Waals surface area contributed by atoms with Gasteiger partial charge in [0.05, 0.1) is 12.6 Å². The number of amides is 2. The summed E-state index contributed by atoms with van der Waals surface area (Å²) in [6.07, 6.45) is 1.53. The summed E-state index contributed by atoms with van der Waals surface area (Å²) in [5.74, 6) is 0.0741. The normalized spacial score (nSPS) is 19.4. The number of hydrogen-bond acceptors (Lipinski definition) is 6. The predicted molar refractivity (Wildman–Crippen MR) is 127 cm³/mol. The zero-order valence-corrected chi connectivity index (χ0v) is 20.3. The number of aromatic nitrogens is 1. The van der Waals surface area contributed by atoms with E-state index >= 15 is 0 Å². The Balaban J connectivity index is 2.02. The van der Waals surface area contributed by atoms with Gasteiger partial charge in [0.1, 0.15) is 11.7 Å². The molecule has 2 heterocycles. The van der Waals surface area contributed by atoms with Gasteiger partial charge in [-0.05, 0) is 44.8 Å². The summed E-state index contributed by atoms with van der Waals surface area (Å²) in [6, 6.07) is 8.68. The minimum absolute atomic E-state index is 0.0572. The van der Waals surface area contributed by atoms with Crippen LogP contribution in [0, 0.1) is 5.92 Å². The Morgan fingerprint density at radius 3 is 2.45 bits per heavy atom. The molecule has 1 N–H and O–H groups in total. The maximum atomic E-state index is 13.5. The Morgan fingerprint density at radius 1 is 1.21 bits per heavy atom. The van der Waals surface area contributed by atoms with Gasteiger partial charge in [0.15, 0.2) is 0 Å². The van der Waals surface area contributed by atoms with E-state index in [1.54, 1.807) is 43.4 Å². The molecule has 0 aliphatic carbocycles. The summed E-state index contributed by atoms with van der Waals surface area (Å²) in [4.78, 5) is 35.5. The first kappa shape index (κ1) is 24.7. The molecule has 1 aromatic carbocycles. The second kappa shape index (κ2) is 10.3. The molecular formula is C25H34N4O4. The van der Waals surface area contributed by atoms with Gasteiger partial charge in [0, 0.05) is 50.4 Å². The average molecular weight is 455 g/mol. The highest BCUT2D eigenvalue weighted by molar-refractivity contribution is 5.98. The fourth-order valence-corrected chi connectivity index (χ4v) is 3.90. The molecule has 3 atom stereocenters. The Bertz CT molecular complexity index is 990. The Labute approximate surface area is 195 Å². The Morgan fingerprint density at radius 2 is 1.88 bits per heavy atom. The van der Waals surface area contributed by atoms with Crippen molar-refractivity contribution in [1.29, 1.82) is 0 Å². The molecule has 0 bridgehead atoms. The van der Waals surface area contributed by atoms with Crippen LogP contribution in [0.25, 0.3) is 11.1 Å². The fourth-order valence-electron chi connectivity index (χ4n) is 3.90. The third-order valence-corrected chi connectivity index (χ3v) is 5.94. The van der Waals surface area contributed by atoms with Crippen molar-refractivity contribution in [2.45, 2.75) is 26.0 Å². The van der Waals surface area contributed by atoms with Crippen molar-refractivity contribution in [3.8, 4) is 17.0 Å². The standard InChI is InChI=1S/C25H34N4O4/c1-16-13-29(17(2)15-30)25(32)21-11-20(12-26-23(21)33-22(16)14-27(3)4)18-7-9-19(10-8-18)24(31)28(5)6/h7-12,16-17,22,30H,13-15H2,1-6H3/t16-,17+,22+/m1/s1. The van der Waals surface area contributed by atoms with Gasteiger partial charge in [-0.3, -0.25) is 9.59 Å². The van der Waals surface area contributed by atoms with Crippen LogP contribution in [0.4, 0.5) is 0 Å². The maximum absolute atomic E-state index is 13.5. The zero-order valence-electron chi connectivity index (χ0n) is 20.3. The third-order valence-electron chi connectivity index (χ3n) is 5.94. The summed E-state index contributed by atoms with van der Waals surface area (Å²) >= 11 is 0. The van der Waals surface area contributed by atoms with Crippen LogP contribution in [0.5, 0.6) is 5.88 Å². The number of ether oxygens (including phenoxy) is 1. The molecular weight excluding hydrogens is 420 g/mol. The number of carbonyl (C=O) groups is 2. The van der Waals surface area contributed by atoms with Crippen LogP contribution < -0.4 is 4.74 Å². The maximum Gasteiger partial charge on any atom is 0.259 e. The van der Waals surface area contributed by atoms with Crippen molar-refractivity contribution in [3.05, 3.63) is 47.7 Å². The number of benzene rings is 1. The molecule has 0 saturated carbocycles. The number of aliphatic hydroxyl groups is 1. The van der Waals surface area contributed by atoms with Crippen molar-refractivity contribution in [2.75, 3.05) is 47.9 Å². The van der Waals surface area contributed by atoms with Crippen LogP contribution in [0.3, 0.4) is 0 Å². The molecule has 0 unspecified atom stereocenters. The van der Waals surface area contributed by atoms with Gasteiger partial charge in [-0.15, -0.1) is 0 Å². The number of pyridine rings is 1. The molecule has 1 aromatic heterocycles. The Hall–Kier alpha value is -2.97. The number of aliphatic hydroxyl groups excluding tert-OH is 1. The number of fused-ring (bicyclic) bond motifs is 1. The lowest BCUT2D eigenvalue weighted by Gasteiger charge is -2.37. The minimum Gasteiger partial charge on any atom is -0.472 e. The highest BCUT2D eigenvalue weighted by Gasteiger charge is 2.34. The van der Waals surface area contributed by atoms with Gasteiger partial charge in [0.25, 0.3) is 11.8 Å². The summed E-state index contributed by atoms with van der Waals surface area (Å²) in [5, 5.41) is 9.77. The molecule has 178 valence electrons. The first-order valence-corrected chi connectivity index (χ1v) is 11.2. The first-order chi connectivity index (χ1) is 15.6. The van der Waals surface area contributed by atoms with Crippen molar-refractivity contribution in [1.82, 2.24) is 19.7 Å². The van der Waals surface area contributed by atoms with E-state index in [9.17, 15) is 14.7 Å². The fraction of sp³-hybridized carbons (Fsp3) is 0.480. The molecule has 3 rings (SSSR count). The number of hydrogen-bond donors (Lipinski definition) is 1. The minimum atomic E-state index is -0.328. The average Bonchev–Trinajstić information content (AvgIpc) is 2.79. The molecule has 33 heavy (non-hydrogen) atoms. The van der Waals surface area contributed by atoms with Crippen molar-refractivity contribution < 1.29 is 19.4 Å². The second-order valence-corrected chi connectivity index (χ2v) is 9.24. The number of carbonyl (C=O) groups excluding carboxylic acids is 2.